The van der Waals surface area contributed by atoms with Gasteiger partial charge in [0.15, 0.2) is 0 Å². The topological polar surface area (TPSA) is 63.9 Å². The Morgan fingerprint density at radius 2 is 2.24 bits per heavy atom. The number of nitrogen functional groups attached to an aromatic ring is 1. The van der Waals surface area contributed by atoms with Crippen LogP contribution in [-0.2, 0) is 12.8 Å². The number of ether oxygens (including phenoxy) is 1. The first kappa shape index (κ1) is 11.5. The average Bonchev–Trinajstić information content (AvgIpc) is 2.75. The van der Waals surface area contributed by atoms with Crippen molar-refractivity contribution < 1.29 is 4.74 Å². The zero-order valence-electron chi connectivity index (χ0n) is 9.94. The molecule has 3 N–H and O–H groups in total. The molecule has 0 radical (unpaired) electrons. The van der Waals surface area contributed by atoms with Crippen LogP contribution in [0.4, 0.5) is 5.82 Å². The summed E-state index contributed by atoms with van der Waals surface area (Å²) in [5, 5.41) is 6.73. The van der Waals surface area contributed by atoms with Crippen LogP contribution in [0.2, 0.25) is 0 Å². The molecule has 4 nitrogen and oxygen atoms in total. The minimum atomic E-state index is 0.521. The summed E-state index contributed by atoms with van der Waals surface area (Å²) in [5.41, 5.74) is 7.80. The number of aryl methyl sites for hydroxylation is 1. The summed E-state index contributed by atoms with van der Waals surface area (Å²) in [7, 11) is 0. The van der Waals surface area contributed by atoms with Crippen molar-refractivity contribution in [2.45, 2.75) is 19.8 Å². The molecule has 4 heteroatoms. The van der Waals surface area contributed by atoms with Crippen LogP contribution in [0.25, 0.3) is 0 Å². The highest BCUT2D eigenvalue weighted by molar-refractivity contribution is 5.29. The van der Waals surface area contributed by atoms with E-state index in [-0.39, 0.29) is 0 Å². The summed E-state index contributed by atoms with van der Waals surface area (Å²) in [6, 6.07) is 9.98. The standard InChI is InChI=1S/C13H17N3O/c1-2-10-4-3-5-12(8-10)17-7-6-11-9-13(14)16-15-11/h3-5,8-9H,2,6-7H2,1H3,(H3,14,15,16). The molecule has 1 heterocycles. The molecule has 0 unspecified atom stereocenters. The van der Waals surface area contributed by atoms with Crippen molar-refractivity contribution >= 4 is 5.82 Å². The van der Waals surface area contributed by atoms with Gasteiger partial charge in [0.05, 0.1) is 6.61 Å². The Balaban J connectivity index is 1.85. The van der Waals surface area contributed by atoms with E-state index in [9.17, 15) is 0 Å². The second kappa shape index (κ2) is 5.39. The van der Waals surface area contributed by atoms with Gasteiger partial charge >= 0.3 is 0 Å². The van der Waals surface area contributed by atoms with Crippen LogP contribution in [-0.4, -0.2) is 16.8 Å². The van der Waals surface area contributed by atoms with E-state index in [1.165, 1.54) is 5.56 Å². The van der Waals surface area contributed by atoms with E-state index < -0.39 is 0 Å². The van der Waals surface area contributed by atoms with Gasteiger partial charge in [-0.25, -0.2) is 0 Å². The number of hydrogen-bond acceptors (Lipinski definition) is 3. The number of aromatic amines is 1. The van der Waals surface area contributed by atoms with Crippen molar-refractivity contribution in [3.05, 3.63) is 41.6 Å². The summed E-state index contributed by atoms with van der Waals surface area (Å²) in [6.45, 7) is 2.75. The van der Waals surface area contributed by atoms with Gasteiger partial charge in [0.25, 0.3) is 0 Å². The molecular formula is C13H17N3O. The van der Waals surface area contributed by atoms with E-state index in [4.69, 9.17) is 10.5 Å². The lowest BCUT2D eigenvalue weighted by molar-refractivity contribution is 0.320. The molecule has 0 fully saturated rings. The fraction of sp³-hybridized carbons (Fsp3) is 0.308. The summed E-state index contributed by atoms with van der Waals surface area (Å²) in [6.07, 6.45) is 1.80. The number of aromatic nitrogens is 2. The Bertz CT molecular complexity index is 479. The zero-order valence-corrected chi connectivity index (χ0v) is 9.94. The first-order valence-electron chi connectivity index (χ1n) is 5.79. The van der Waals surface area contributed by atoms with Gasteiger partial charge in [0, 0.05) is 18.2 Å². The largest absolute Gasteiger partial charge is 0.493 e. The van der Waals surface area contributed by atoms with Gasteiger partial charge in [0.2, 0.25) is 0 Å². The van der Waals surface area contributed by atoms with Crippen LogP contribution in [0.1, 0.15) is 18.2 Å². The van der Waals surface area contributed by atoms with Crippen LogP contribution < -0.4 is 10.5 Å². The fourth-order valence-corrected chi connectivity index (χ4v) is 1.64. The average molecular weight is 231 g/mol. The van der Waals surface area contributed by atoms with Crippen molar-refractivity contribution in [3.8, 4) is 5.75 Å². The number of hydrogen-bond donors (Lipinski definition) is 2. The SMILES string of the molecule is CCc1cccc(OCCc2cc(N)n[nH]2)c1. The lowest BCUT2D eigenvalue weighted by Crippen LogP contribution is -2.01. The Kier molecular flexibility index (Phi) is 3.65. The predicted molar refractivity (Wildman–Crippen MR) is 68.0 cm³/mol. The van der Waals surface area contributed by atoms with Crippen LogP contribution in [0.15, 0.2) is 30.3 Å². The summed E-state index contributed by atoms with van der Waals surface area (Å²) < 4.78 is 5.67. The van der Waals surface area contributed by atoms with Gasteiger partial charge in [-0.3, -0.25) is 5.10 Å². The van der Waals surface area contributed by atoms with Gasteiger partial charge in [-0.15, -0.1) is 0 Å². The quantitative estimate of drug-likeness (QED) is 0.829. The maximum atomic E-state index is 5.67. The lowest BCUT2D eigenvalue weighted by atomic mass is 10.2. The Hall–Kier alpha value is -1.97. The van der Waals surface area contributed by atoms with Crippen LogP contribution >= 0.6 is 0 Å². The summed E-state index contributed by atoms with van der Waals surface area (Å²) in [5.74, 6) is 1.44. The third kappa shape index (κ3) is 3.24. The minimum absolute atomic E-state index is 0.521. The van der Waals surface area contributed by atoms with E-state index in [0.717, 1.165) is 24.3 Å². The molecule has 0 aliphatic rings. The number of rotatable bonds is 5. The highest BCUT2D eigenvalue weighted by Gasteiger charge is 1.99. The molecule has 0 spiro atoms. The maximum Gasteiger partial charge on any atom is 0.145 e. The van der Waals surface area contributed by atoms with E-state index in [0.29, 0.717) is 12.4 Å². The molecule has 0 saturated carbocycles. The van der Waals surface area contributed by atoms with Gasteiger partial charge < -0.3 is 10.5 Å². The molecule has 90 valence electrons. The smallest absolute Gasteiger partial charge is 0.145 e. The monoisotopic (exact) mass is 231 g/mol. The van der Waals surface area contributed by atoms with Gasteiger partial charge in [-0.2, -0.15) is 5.10 Å². The third-order valence-electron chi connectivity index (χ3n) is 2.60. The van der Waals surface area contributed by atoms with Crippen molar-refractivity contribution in [3.63, 3.8) is 0 Å². The van der Waals surface area contributed by atoms with E-state index in [1.807, 2.05) is 18.2 Å². The van der Waals surface area contributed by atoms with E-state index in [1.54, 1.807) is 0 Å². The number of nitrogens with two attached hydrogens (primary N) is 1. The van der Waals surface area contributed by atoms with Gasteiger partial charge in [-0.1, -0.05) is 19.1 Å². The molecule has 0 bridgehead atoms. The minimum Gasteiger partial charge on any atom is -0.493 e. The van der Waals surface area contributed by atoms with Crippen molar-refractivity contribution in [1.82, 2.24) is 10.2 Å². The normalized spacial score (nSPS) is 10.4. The summed E-state index contributed by atoms with van der Waals surface area (Å²) in [4.78, 5) is 0. The second-order valence-corrected chi connectivity index (χ2v) is 3.92. The Labute approximate surface area is 101 Å². The Morgan fingerprint density at radius 1 is 1.35 bits per heavy atom. The molecule has 0 aliphatic carbocycles. The Morgan fingerprint density at radius 3 is 2.94 bits per heavy atom. The molecule has 2 rings (SSSR count). The van der Waals surface area contributed by atoms with Crippen LogP contribution in [0.5, 0.6) is 5.75 Å². The highest BCUT2D eigenvalue weighted by Crippen LogP contribution is 2.14. The third-order valence-corrected chi connectivity index (χ3v) is 2.60. The molecule has 1 aromatic carbocycles. The molecule has 0 amide bonds. The number of anilines is 1. The first-order valence-corrected chi connectivity index (χ1v) is 5.79. The summed E-state index contributed by atoms with van der Waals surface area (Å²) >= 11 is 0. The lowest BCUT2D eigenvalue weighted by Gasteiger charge is -2.06. The fourth-order valence-electron chi connectivity index (χ4n) is 1.64. The number of benzene rings is 1. The van der Waals surface area contributed by atoms with E-state index in [2.05, 4.69) is 29.3 Å². The number of nitrogens with one attached hydrogen (secondary N) is 1. The van der Waals surface area contributed by atoms with Crippen LogP contribution in [0, 0.1) is 0 Å². The van der Waals surface area contributed by atoms with Crippen molar-refractivity contribution in [2.75, 3.05) is 12.3 Å². The van der Waals surface area contributed by atoms with Crippen molar-refractivity contribution in [2.24, 2.45) is 0 Å². The first-order chi connectivity index (χ1) is 8.28. The van der Waals surface area contributed by atoms with Crippen molar-refractivity contribution in [1.29, 1.82) is 0 Å². The number of nitrogens with zero attached hydrogens (tertiary/aromatic N) is 1. The zero-order chi connectivity index (χ0) is 12.1. The molecule has 2 aromatic rings. The predicted octanol–water partition coefficient (Wildman–Crippen LogP) is 2.18. The maximum absolute atomic E-state index is 5.67. The second-order valence-electron chi connectivity index (χ2n) is 3.92. The molecule has 17 heavy (non-hydrogen) atoms. The molecule has 1 aromatic heterocycles. The van der Waals surface area contributed by atoms with Crippen LogP contribution in [0.3, 0.4) is 0 Å². The molecule has 0 atom stereocenters. The highest BCUT2D eigenvalue weighted by atomic mass is 16.5. The van der Waals surface area contributed by atoms with E-state index >= 15 is 0 Å². The molecule has 0 saturated heterocycles. The molecular weight excluding hydrogens is 214 g/mol. The van der Waals surface area contributed by atoms with Gasteiger partial charge in [0.1, 0.15) is 11.6 Å². The number of H-pyrrole nitrogens is 1. The van der Waals surface area contributed by atoms with Gasteiger partial charge in [-0.05, 0) is 24.1 Å². The molecule has 0 aliphatic heterocycles.